The predicted octanol–water partition coefficient (Wildman–Crippen LogP) is 2.63. The van der Waals surface area contributed by atoms with Crippen LogP contribution < -0.4 is 15.8 Å². The van der Waals surface area contributed by atoms with Gasteiger partial charge in [0.15, 0.2) is 6.61 Å². The third kappa shape index (κ3) is 6.39. The number of rotatable bonds is 5. The number of ether oxygens (including phenoxy) is 1. The molecule has 0 fully saturated rings. The fraction of sp³-hybridized carbons (Fsp3) is 0.533. The highest BCUT2D eigenvalue weighted by Gasteiger charge is 2.14. The quantitative estimate of drug-likeness (QED) is 0.864. The lowest BCUT2D eigenvalue weighted by molar-refractivity contribution is -0.124. The minimum absolute atomic E-state index is 0.0104. The zero-order valence-electron chi connectivity index (χ0n) is 12.5. The van der Waals surface area contributed by atoms with Gasteiger partial charge in [0, 0.05) is 16.1 Å². The number of hydrogen-bond donors (Lipinski definition) is 2. The van der Waals surface area contributed by atoms with Crippen LogP contribution in [0.1, 0.15) is 33.3 Å². The third-order valence-electron chi connectivity index (χ3n) is 2.44. The average Bonchev–Trinajstić information content (AvgIpc) is 2.27. The molecule has 1 unspecified atom stereocenters. The molecule has 0 aromatic heterocycles. The fourth-order valence-corrected chi connectivity index (χ4v) is 2.16. The monoisotopic (exact) mass is 342 g/mol. The van der Waals surface area contributed by atoms with E-state index >= 15 is 0 Å². The van der Waals surface area contributed by atoms with E-state index in [0.717, 1.165) is 16.5 Å². The number of carbonyl (C=O) groups excluding carboxylic acids is 1. The van der Waals surface area contributed by atoms with E-state index in [1.807, 2.05) is 45.9 Å². The van der Waals surface area contributed by atoms with Crippen molar-refractivity contribution in [2.24, 2.45) is 5.73 Å². The second-order valence-electron chi connectivity index (χ2n) is 6.02. The van der Waals surface area contributed by atoms with Crippen molar-refractivity contribution in [3.8, 4) is 5.75 Å². The average molecular weight is 343 g/mol. The van der Waals surface area contributed by atoms with E-state index in [0.29, 0.717) is 5.75 Å². The van der Waals surface area contributed by atoms with Gasteiger partial charge in [0.05, 0.1) is 0 Å². The van der Waals surface area contributed by atoms with Crippen molar-refractivity contribution in [2.45, 2.75) is 45.7 Å². The molecule has 1 aromatic rings. The first-order valence-corrected chi connectivity index (χ1v) is 7.44. The molecule has 0 aliphatic rings. The van der Waals surface area contributed by atoms with Crippen LogP contribution in [0.25, 0.3) is 0 Å². The first kappa shape index (κ1) is 17.0. The second-order valence-corrected chi connectivity index (χ2v) is 6.88. The Labute approximate surface area is 129 Å². The first-order chi connectivity index (χ1) is 9.17. The van der Waals surface area contributed by atoms with Gasteiger partial charge in [0.25, 0.3) is 5.91 Å². The summed E-state index contributed by atoms with van der Waals surface area (Å²) in [6.07, 6.45) is 0.756. The standard InChI is InChI=1S/C15H23BrN2O2/c1-10(17)7-11-8-12(5-6-13(11)16)20-9-14(19)18-15(2,3)4/h5-6,8,10H,7,9,17H2,1-4H3,(H,18,19). The predicted molar refractivity (Wildman–Crippen MR) is 84.9 cm³/mol. The summed E-state index contributed by atoms with van der Waals surface area (Å²) in [5.41, 5.74) is 6.64. The van der Waals surface area contributed by atoms with Gasteiger partial charge in [-0.15, -0.1) is 0 Å². The summed E-state index contributed by atoms with van der Waals surface area (Å²) in [4.78, 5) is 11.7. The molecule has 1 amide bonds. The van der Waals surface area contributed by atoms with E-state index in [4.69, 9.17) is 10.5 Å². The molecule has 1 rings (SSSR count). The molecule has 5 heteroatoms. The Balaban J connectivity index is 2.62. The highest BCUT2D eigenvalue weighted by atomic mass is 79.9. The van der Waals surface area contributed by atoms with E-state index in [1.165, 1.54) is 0 Å². The number of carbonyl (C=O) groups is 1. The molecule has 3 N–H and O–H groups in total. The molecule has 1 aromatic carbocycles. The second kappa shape index (κ2) is 7.09. The van der Waals surface area contributed by atoms with Gasteiger partial charge in [-0.3, -0.25) is 4.79 Å². The molecule has 0 radical (unpaired) electrons. The van der Waals surface area contributed by atoms with Crippen LogP contribution >= 0.6 is 15.9 Å². The normalized spacial score (nSPS) is 12.9. The summed E-state index contributed by atoms with van der Waals surface area (Å²) in [5, 5.41) is 2.85. The highest BCUT2D eigenvalue weighted by molar-refractivity contribution is 9.10. The van der Waals surface area contributed by atoms with Gasteiger partial charge >= 0.3 is 0 Å². The smallest absolute Gasteiger partial charge is 0.258 e. The van der Waals surface area contributed by atoms with Gasteiger partial charge in [0.1, 0.15) is 5.75 Å². The molecule has 0 aliphatic heterocycles. The Morgan fingerprint density at radius 1 is 1.45 bits per heavy atom. The Hall–Kier alpha value is -1.07. The van der Waals surface area contributed by atoms with E-state index in [9.17, 15) is 4.79 Å². The van der Waals surface area contributed by atoms with Crippen LogP contribution in [-0.4, -0.2) is 24.1 Å². The maximum atomic E-state index is 11.7. The van der Waals surface area contributed by atoms with Gasteiger partial charge in [-0.25, -0.2) is 0 Å². The van der Waals surface area contributed by atoms with Gasteiger partial charge in [0.2, 0.25) is 0 Å². The Bertz CT molecular complexity index is 467. The minimum Gasteiger partial charge on any atom is -0.484 e. The van der Waals surface area contributed by atoms with Crippen LogP contribution in [0.3, 0.4) is 0 Å². The summed E-state index contributed by atoms with van der Waals surface area (Å²) in [5.74, 6) is 0.544. The lowest BCUT2D eigenvalue weighted by atomic mass is 10.1. The van der Waals surface area contributed by atoms with Crippen molar-refractivity contribution in [1.29, 1.82) is 0 Å². The number of benzene rings is 1. The van der Waals surface area contributed by atoms with E-state index in [1.54, 1.807) is 0 Å². The van der Waals surface area contributed by atoms with Crippen molar-refractivity contribution in [1.82, 2.24) is 5.32 Å². The molecule has 0 aliphatic carbocycles. The van der Waals surface area contributed by atoms with Crippen molar-refractivity contribution in [3.05, 3.63) is 28.2 Å². The molecule has 112 valence electrons. The molecule has 1 atom stereocenters. The lowest BCUT2D eigenvalue weighted by Gasteiger charge is -2.20. The Kier molecular flexibility index (Phi) is 6.02. The maximum Gasteiger partial charge on any atom is 0.258 e. The van der Waals surface area contributed by atoms with Gasteiger partial charge < -0.3 is 15.8 Å². The SMILES string of the molecule is CC(N)Cc1cc(OCC(=O)NC(C)(C)C)ccc1Br. The third-order valence-corrected chi connectivity index (χ3v) is 3.22. The number of nitrogens with one attached hydrogen (secondary N) is 1. The van der Waals surface area contributed by atoms with E-state index in [2.05, 4.69) is 21.2 Å². The number of hydrogen-bond acceptors (Lipinski definition) is 3. The summed E-state index contributed by atoms with van der Waals surface area (Å²) >= 11 is 3.49. The van der Waals surface area contributed by atoms with Crippen molar-refractivity contribution in [2.75, 3.05) is 6.61 Å². The van der Waals surface area contributed by atoms with Crippen LogP contribution in [0.5, 0.6) is 5.75 Å². The largest absolute Gasteiger partial charge is 0.484 e. The Morgan fingerprint density at radius 3 is 2.65 bits per heavy atom. The van der Waals surface area contributed by atoms with Crippen molar-refractivity contribution < 1.29 is 9.53 Å². The summed E-state index contributed by atoms with van der Waals surface area (Å²) in [6.45, 7) is 7.77. The lowest BCUT2D eigenvalue weighted by Crippen LogP contribution is -2.43. The van der Waals surface area contributed by atoms with Crippen LogP contribution in [0.2, 0.25) is 0 Å². The molecule has 4 nitrogen and oxygen atoms in total. The molecular weight excluding hydrogens is 320 g/mol. The zero-order chi connectivity index (χ0) is 15.3. The summed E-state index contributed by atoms with van der Waals surface area (Å²) in [6, 6.07) is 5.73. The van der Waals surface area contributed by atoms with E-state index < -0.39 is 0 Å². The zero-order valence-corrected chi connectivity index (χ0v) is 14.1. The summed E-state index contributed by atoms with van der Waals surface area (Å²) < 4.78 is 6.52. The molecule has 0 spiro atoms. The molecule has 0 heterocycles. The molecule has 0 saturated heterocycles. The van der Waals surface area contributed by atoms with Crippen molar-refractivity contribution >= 4 is 21.8 Å². The number of nitrogens with two attached hydrogens (primary N) is 1. The van der Waals surface area contributed by atoms with Crippen LogP contribution in [-0.2, 0) is 11.2 Å². The maximum absolute atomic E-state index is 11.7. The highest BCUT2D eigenvalue weighted by Crippen LogP contribution is 2.23. The first-order valence-electron chi connectivity index (χ1n) is 6.65. The van der Waals surface area contributed by atoms with Gasteiger partial charge in [-0.2, -0.15) is 0 Å². The topological polar surface area (TPSA) is 64.3 Å². The van der Waals surface area contributed by atoms with E-state index in [-0.39, 0.29) is 24.1 Å². The van der Waals surface area contributed by atoms with Crippen LogP contribution in [0, 0.1) is 0 Å². The summed E-state index contributed by atoms with van der Waals surface area (Å²) in [7, 11) is 0. The molecular formula is C15H23BrN2O2. The van der Waals surface area contributed by atoms with Gasteiger partial charge in [-0.1, -0.05) is 15.9 Å². The van der Waals surface area contributed by atoms with Crippen LogP contribution in [0.15, 0.2) is 22.7 Å². The minimum atomic E-state index is -0.250. The van der Waals surface area contributed by atoms with Crippen LogP contribution in [0.4, 0.5) is 0 Å². The number of halogens is 1. The molecule has 20 heavy (non-hydrogen) atoms. The molecule has 0 saturated carbocycles. The number of amides is 1. The van der Waals surface area contributed by atoms with Gasteiger partial charge in [-0.05, 0) is 57.9 Å². The molecule has 0 bridgehead atoms. The Morgan fingerprint density at radius 2 is 2.10 bits per heavy atom. The fourth-order valence-electron chi connectivity index (χ4n) is 1.75. The van der Waals surface area contributed by atoms with Crippen molar-refractivity contribution in [3.63, 3.8) is 0 Å².